The number of aryl methyl sites for hydroxylation is 1. The van der Waals surface area contributed by atoms with Gasteiger partial charge in [-0.3, -0.25) is 23.8 Å². The maximum Gasteiger partial charge on any atom is 0.260 e. The van der Waals surface area contributed by atoms with Crippen LogP contribution in [-0.4, -0.2) is 74.1 Å². The van der Waals surface area contributed by atoms with Crippen LogP contribution in [0.1, 0.15) is 31.4 Å². The van der Waals surface area contributed by atoms with E-state index < -0.39 is 10.0 Å². The number of carbonyl (C=O) groups is 3. The van der Waals surface area contributed by atoms with Gasteiger partial charge < -0.3 is 22.1 Å². The number of aromatic nitrogens is 2. The maximum absolute atomic E-state index is 12.5. The standard InChI is InChI=1S/C19H24N6O4S.C6H12N2O/c1-13-6-9-21-19(22-13)24-30(28,29)16-4-2-15(3-5-16)23-17(26)12-25-10-7-14(8-11-25)18(20)27;7-6(9)5-1-3-8-4-2-5/h2-6,9,14H,7-8,10-12H2,1H3,(H2,20,27)(H,23,26)(H,21,22,24,28,29);5,8H,1-4H2,(H2,7,9). The lowest BCUT2D eigenvalue weighted by atomic mass is 9.96. The largest absolute Gasteiger partial charge is 0.369 e. The second-order valence-corrected chi connectivity index (χ2v) is 11.2. The Bertz CT molecular complexity index is 1270. The molecule has 212 valence electrons. The second-order valence-electron chi connectivity index (χ2n) is 9.54. The van der Waals surface area contributed by atoms with Crippen LogP contribution in [0.3, 0.4) is 0 Å². The average molecular weight is 561 g/mol. The SMILES string of the molecule is Cc1ccnc(N=S(=O)(O)c2ccc(NC(=O)CN3CCC(C(N)=O)CC3)cc2)n1.NC(=O)C1CCNCC1. The van der Waals surface area contributed by atoms with E-state index in [2.05, 4.69) is 25.0 Å². The second kappa shape index (κ2) is 14.1. The molecule has 13 nitrogen and oxygen atoms in total. The number of nitrogens with two attached hydrogens (primary N) is 2. The van der Waals surface area contributed by atoms with E-state index in [9.17, 15) is 23.1 Å². The Morgan fingerprint density at radius 1 is 1.05 bits per heavy atom. The molecular formula is C25H36N8O5S. The summed E-state index contributed by atoms with van der Waals surface area (Å²) in [6.07, 6.45) is 4.59. The number of hydrogen-bond donors (Lipinski definition) is 5. The molecule has 2 saturated heterocycles. The van der Waals surface area contributed by atoms with Gasteiger partial charge in [-0.05, 0) is 89.1 Å². The third-order valence-electron chi connectivity index (χ3n) is 6.53. The van der Waals surface area contributed by atoms with Gasteiger partial charge in [0.15, 0.2) is 10.0 Å². The topological polar surface area (TPSA) is 206 Å². The van der Waals surface area contributed by atoms with Crippen molar-refractivity contribution in [2.24, 2.45) is 27.7 Å². The van der Waals surface area contributed by atoms with Crippen molar-refractivity contribution in [1.82, 2.24) is 20.2 Å². The number of anilines is 1. The van der Waals surface area contributed by atoms with E-state index in [0.717, 1.165) is 25.9 Å². The fourth-order valence-corrected chi connectivity index (χ4v) is 5.15. The third kappa shape index (κ3) is 9.66. The third-order valence-corrected chi connectivity index (χ3v) is 7.83. The molecule has 0 aliphatic carbocycles. The number of likely N-dealkylation sites (tertiary alicyclic amines) is 1. The van der Waals surface area contributed by atoms with E-state index in [1.165, 1.54) is 30.5 Å². The van der Waals surface area contributed by atoms with Crippen molar-refractivity contribution in [3.63, 3.8) is 0 Å². The van der Waals surface area contributed by atoms with Crippen molar-refractivity contribution in [1.29, 1.82) is 0 Å². The molecule has 39 heavy (non-hydrogen) atoms. The van der Waals surface area contributed by atoms with Gasteiger partial charge in [-0.15, -0.1) is 4.36 Å². The van der Waals surface area contributed by atoms with Gasteiger partial charge in [0.2, 0.25) is 17.7 Å². The lowest BCUT2D eigenvalue weighted by Gasteiger charge is -2.29. The lowest BCUT2D eigenvalue weighted by molar-refractivity contribution is -0.124. The highest BCUT2D eigenvalue weighted by Gasteiger charge is 2.24. The number of amides is 3. The molecule has 4 rings (SSSR count). The molecule has 1 atom stereocenters. The first-order valence-corrected chi connectivity index (χ1v) is 14.2. The molecule has 1 aromatic heterocycles. The number of piperidine rings is 2. The van der Waals surface area contributed by atoms with Crippen molar-refractivity contribution in [2.45, 2.75) is 37.5 Å². The van der Waals surface area contributed by atoms with Gasteiger partial charge in [0.1, 0.15) is 0 Å². The fourth-order valence-electron chi connectivity index (χ4n) is 4.24. The molecule has 2 aliphatic rings. The number of carbonyl (C=O) groups excluding carboxylic acids is 3. The number of nitrogens with zero attached hydrogens (tertiary/aromatic N) is 4. The van der Waals surface area contributed by atoms with Crippen molar-refractivity contribution in [3.8, 4) is 0 Å². The summed E-state index contributed by atoms with van der Waals surface area (Å²) in [5, 5.41) is 5.92. The Hall–Kier alpha value is -3.46. The van der Waals surface area contributed by atoms with Gasteiger partial charge in [0.05, 0.1) is 11.4 Å². The molecule has 2 fully saturated rings. The Morgan fingerprint density at radius 3 is 2.18 bits per heavy atom. The molecule has 3 amide bonds. The molecule has 7 N–H and O–H groups in total. The molecule has 0 radical (unpaired) electrons. The Morgan fingerprint density at radius 2 is 1.64 bits per heavy atom. The summed E-state index contributed by atoms with van der Waals surface area (Å²) in [7, 11) is -3.72. The van der Waals surface area contributed by atoms with Crippen LogP contribution in [0.5, 0.6) is 0 Å². The first-order chi connectivity index (χ1) is 18.5. The molecule has 14 heteroatoms. The molecule has 1 unspecified atom stereocenters. The van der Waals surface area contributed by atoms with Crippen LogP contribution < -0.4 is 22.1 Å². The van der Waals surface area contributed by atoms with Crippen LogP contribution in [0, 0.1) is 18.8 Å². The highest BCUT2D eigenvalue weighted by atomic mass is 32.2. The summed E-state index contributed by atoms with van der Waals surface area (Å²) < 4.78 is 26.5. The number of rotatable bonds is 7. The van der Waals surface area contributed by atoms with Crippen molar-refractivity contribution >= 4 is 39.4 Å². The first kappa shape index (κ1) is 30.1. The van der Waals surface area contributed by atoms with E-state index in [1.807, 2.05) is 4.90 Å². The zero-order chi connectivity index (χ0) is 28.4. The molecule has 2 aromatic rings. The normalized spacial score (nSPS) is 18.2. The summed E-state index contributed by atoms with van der Waals surface area (Å²) >= 11 is 0. The Balaban J connectivity index is 0.000000395. The molecular weight excluding hydrogens is 524 g/mol. The summed E-state index contributed by atoms with van der Waals surface area (Å²) in [6.45, 7) is 5.08. The van der Waals surface area contributed by atoms with Crippen LogP contribution in [0.4, 0.5) is 11.6 Å². The Kier molecular flexibility index (Phi) is 10.9. The Labute approximate surface area is 228 Å². The van der Waals surface area contributed by atoms with Gasteiger partial charge in [0, 0.05) is 29.4 Å². The molecule has 3 heterocycles. The van der Waals surface area contributed by atoms with Crippen LogP contribution in [0.25, 0.3) is 0 Å². The smallest absolute Gasteiger partial charge is 0.260 e. The molecule has 2 aliphatic heterocycles. The van der Waals surface area contributed by atoms with Crippen LogP contribution in [0.15, 0.2) is 45.8 Å². The van der Waals surface area contributed by atoms with Gasteiger partial charge in [-0.2, -0.15) is 0 Å². The lowest BCUT2D eigenvalue weighted by Crippen LogP contribution is -2.42. The van der Waals surface area contributed by atoms with Crippen LogP contribution in [0.2, 0.25) is 0 Å². The number of hydrogen-bond acceptors (Lipinski definition) is 9. The van der Waals surface area contributed by atoms with Crippen molar-refractivity contribution in [2.75, 3.05) is 38.0 Å². The zero-order valence-electron chi connectivity index (χ0n) is 21.9. The highest BCUT2D eigenvalue weighted by molar-refractivity contribution is 7.88. The van der Waals surface area contributed by atoms with Crippen LogP contribution in [-0.2, 0) is 24.4 Å². The summed E-state index contributed by atoms with van der Waals surface area (Å²) in [4.78, 5) is 44.0. The molecule has 0 spiro atoms. The minimum absolute atomic E-state index is 0.0695. The van der Waals surface area contributed by atoms with Gasteiger partial charge in [-0.1, -0.05) is 0 Å². The van der Waals surface area contributed by atoms with Gasteiger partial charge in [0.25, 0.3) is 5.95 Å². The predicted molar refractivity (Wildman–Crippen MR) is 146 cm³/mol. The fraction of sp³-hybridized carbons (Fsp3) is 0.480. The van der Waals surface area contributed by atoms with Crippen molar-refractivity contribution in [3.05, 3.63) is 42.2 Å². The number of nitrogens with one attached hydrogen (secondary N) is 2. The summed E-state index contributed by atoms with van der Waals surface area (Å²) in [6, 6.07) is 7.59. The highest BCUT2D eigenvalue weighted by Crippen LogP contribution is 2.20. The quantitative estimate of drug-likeness (QED) is 0.327. The zero-order valence-corrected chi connectivity index (χ0v) is 22.7. The minimum Gasteiger partial charge on any atom is -0.369 e. The van der Waals surface area contributed by atoms with Gasteiger partial charge >= 0.3 is 0 Å². The minimum atomic E-state index is -3.72. The van der Waals surface area contributed by atoms with Gasteiger partial charge in [-0.25, -0.2) is 14.2 Å². The molecule has 1 aromatic carbocycles. The van der Waals surface area contributed by atoms with E-state index in [-0.39, 0.29) is 46.9 Å². The summed E-state index contributed by atoms with van der Waals surface area (Å²) in [5.74, 6) is -0.702. The number of primary amides is 2. The predicted octanol–water partition coefficient (Wildman–Crippen LogP) is 1.02. The van der Waals surface area contributed by atoms with E-state index >= 15 is 0 Å². The number of benzene rings is 1. The molecule has 0 saturated carbocycles. The maximum atomic E-state index is 12.5. The van der Waals surface area contributed by atoms with Crippen LogP contribution >= 0.6 is 0 Å². The monoisotopic (exact) mass is 560 g/mol. The van der Waals surface area contributed by atoms with E-state index in [0.29, 0.717) is 37.3 Å². The van der Waals surface area contributed by atoms with E-state index in [4.69, 9.17) is 11.5 Å². The summed E-state index contributed by atoms with van der Waals surface area (Å²) in [5.41, 5.74) is 11.6. The van der Waals surface area contributed by atoms with Crippen molar-refractivity contribution < 1.29 is 23.1 Å². The average Bonchev–Trinajstić information content (AvgIpc) is 2.90. The first-order valence-electron chi connectivity index (χ1n) is 12.7. The molecule has 0 bridgehead atoms. The van der Waals surface area contributed by atoms with E-state index in [1.54, 1.807) is 13.0 Å².